The summed E-state index contributed by atoms with van der Waals surface area (Å²) < 4.78 is 69.0. The molecule has 3 nitrogen and oxygen atoms in total. The van der Waals surface area contributed by atoms with E-state index < -0.39 is 39.5 Å². The van der Waals surface area contributed by atoms with Gasteiger partial charge in [0.15, 0.2) is 33.0 Å². The first-order valence-electron chi connectivity index (χ1n) is 7.46. The zero-order valence-corrected chi connectivity index (χ0v) is 15.1. The SMILES string of the molecule is CC(C)OC(O[SiH2]CCc1cc(F)c(F)c(F)c1F)OC(C)C. The van der Waals surface area contributed by atoms with Crippen LogP contribution in [0.5, 0.6) is 0 Å². The Morgan fingerprint density at radius 3 is 2.00 bits per heavy atom. The molecule has 0 amide bonds. The molecule has 1 rings (SSSR count). The van der Waals surface area contributed by atoms with Crippen molar-refractivity contribution in [3.8, 4) is 0 Å². The van der Waals surface area contributed by atoms with Gasteiger partial charge in [0.25, 0.3) is 6.48 Å². The predicted octanol–water partition coefficient (Wildman–Crippen LogP) is 3.44. The van der Waals surface area contributed by atoms with E-state index in [1.54, 1.807) is 0 Å². The van der Waals surface area contributed by atoms with Crippen LogP contribution in [-0.2, 0) is 20.3 Å². The van der Waals surface area contributed by atoms with Crippen molar-refractivity contribution < 1.29 is 31.5 Å². The molecule has 1 aromatic rings. The van der Waals surface area contributed by atoms with Gasteiger partial charge in [-0.1, -0.05) is 0 Å². The van der Waals surface area contributed by atoms with E-state index in [4.69, 9.17) is 13.9 Å². The highest BCUT2D eigenvalue weighted by molar-refractivity contribution is 6.27. The van der Waals surface area contributed by atoms with E-state index in [9.17, 15) is 17.6 Å². The van der Waals surface area contributed by atoms with Crippen LogP contribution >= 0.6 is 0 Å². The zero-order valence-electron chi connectivity index (χ0n) is 13.7. The van der Waals surface area contributed by atoms with E-state index in [2.05, 4.69) is 0 Å². The largest absolute Gasteiger partial charge is 0.379 e. The first-order chi connectivity index (χ1) is 10.7. The molecule has 0 aliphatic heterocycles. The Hall–Kier alpha value is -0.963. The molecule has 0 radical (unpaired) electrons. The highest BCUT2D eigenvalue weighted by Crippen LogP contribution is 2.20. The van der Waals surface area contributed by atoms with Gasteiger partial charge in [-0.05, 0) is 51.8 Å². The van der Waals surface area contributed by atoms with Crippen LogP contribution in [0.2, 0.25) is 6.04 Å². The van der Waals surface area contributed by atoms with Gasteiger partial charge in [0.05, 0.1) is 12.2 Å². The van der Waals surface area contributed by atoms with Gasteiger partial charge in [0.2, 0.25) is 0 Å². The number of benzene rings is 1. The highest BCUT2D eigenvalue weighted by Gasteiger charge is 2.19. The average Bonchev–Trinajstić information content (AvgIpc) is 2.45. The second-order valence-electron chi connectivity index (χ2n) is 5.59. The smallest absolute Gasteiger partial charge is 0.262 e. The third kappa shape index (κ3) is 6.58. The Kier molecular flexibility index (Phi) is 8.17. The van der Waals surface area contributed by atoms with Crippen molar-refractivity contribution in [3.05, 3.63) is 34.9 Å². The van der Waals surface area contributed by atoms with Gasteiger partial charge in [-0.15, -0.1) is 0 Å². The maximum atomic E-state index is 13.5. The van der Waals surface area contributed by atoms with Gasteiger partial charge < -0.3 is 13.9 Å². The summed E-state index contributed by atoms with van der Waals surface area (Å²) in [6, 6.07) is 1.08. The number of halogens is 4. The summed E-state index contributed by atoms with van der Waals surface area (Å²) in [5, 5.41) is 0. The van der Waals surface area contributed by atoms with Crippen LogP contribution in [-0.4, -0.2) is 28.4 Å². The van der Waals surface area contributed by atoms with Crippen molar-refractivity contribution in [2.24, 2.45) is 0 Å². The fraction of sp³-hybridized carbons (Fsp3) is 0.600. The molecule has 0 heterocycles. The molecular weight excluding hydrogens is 332 g/mol. The highest BCUT2D eigenvalue weighted by atomic mass is 28.2. The molecule has 0 aliphatic carbocycles. The minimum absolute atomic E-state index is 0.0578. The molecule has 0 N–H and O–H groups in total. The topological polar surface area (TPSA) is 27.7 Å². The molecule has 1 aromatic carbocycles. The molecule has 132 valence electrons. The van der Waals surface area contributed by atoms with Crippen LogP contribution in [0.4, 0.5) is 17.6 Å². The average molecular weight is 354 g/mol. The summed E-state index contributed by atoms with van der Waals surface area (Å²) in [5.74, 6) is -6.33. The molecular formula is C15H22F4O3Si. The van der Waals surface area contributed by atoms with E-state index >= 15 is 0 Å². The van der Waals surface area contributed by atoms with Gasteiger partial charge in [-0.2, -0.15) is 0 Å². The molecule has 0 spiro atoms. The van der Waals surface area contributed by atoms with Crippen LogP contribution in [0.15, 0.2) is 6.07 Å². The molecule has 0 bridgehead atoms. The molecule has 0 aromatic heterocycles. The fourth-order valence-electron chi connectivity index (χ4n) is 1.80. The third-order valence-corrected chi connectivity index (χ3v) is 3.94. The van der Waals surface area contributed by atoms with Gasteiger partial charge in [0.1, 0.15) is 0 Å². The second kappa shape index (κ2) is 9.36. The number of aryl methyl sites for hydroxylation is 1. The number of rotatable bonds is 9. The normalized spacial score (nSPS) is 12.5. The Morgan fingerprint density at radius 1 is 0.913 bits per heavy atom. The summed E-state index contributed by atoms with van der Waals surface area (Å²) in [5.41, 5.74) is -0.205. The van der Waals surface area contributed by atoms with Crippen molar-refractivity contribution in [1.82, 2.24) is 0 Å². The maximum absolute atomic E-state index is 13.5. The summed E-state index contributed by atoms with van der Waals surface area (Å²) in [7, 11) is -1.17. The first kappa shape index (κ1) is 20.1. The molecule has 0 fully saturated rings. The Bertz CT molecular complexity index is 502. The van der Waals surface area contributed by atoms with Gasteiger partial charge in [0, 0.05) is 0 Å². The summed E-state index contributed by atoms with van der Waals surface area (Å²) >= 11 is 0. The van der Waals surface area contributed by atoms with E-state index in [1.807, 2.05) is 27.7 Å². The standard InChI is InChI=1S/C15H22F4O3Si/c1-8(2)20-15(21-9(3)4)22-23-6-5-10-7-11(16)13(18)14(19)12(10)17/h7-9,15H,5-6,23H2,1-4H3. The van der Waals surface area contributed by atoms with E-state index in [1.165, 1.54) is 0 Å². The van der Waals surface area contributed by atoms with Gasteiger partial charge >= 0.3 is 0 Å². The van der Waals surface area contributed by atoms with Crippen molar-refractivity contribution in [1.29, 1.82) is 0 Å². The van der Waals surface area contributed by atoms with Crippen LogP contribution in [0.25, 0.3) is 0 Å². The van der Waals surface area contributed by atoms with Crippen molar-refractivity contribution >= 4 is 9.76 Å². The molecule has 0 saturated heterocycles. The Balaban J connectivity index is 2.53. The van der Waals surface area contributed by atoms with Crippen LogP contribution in [0.1, 0.15) is 33.3 Å². The van der Waals surface area contributed by atoms with E-state index in [0.717, 1.165) is 0 Å². The Morgan fingerprint density at radius 2 is 1.48 bits per heavy atom. The van der Waals surface area contributed by atoms with Crippen LogP contribution < -0.4 is 0 Å². The number of hydrogen-bond donors (Lipinski definition) is 0. The zero-order chi connectivity index (χ0) is 17.6. The quantitative estimate of drug-likeness (QED) is 0.170. The second-order valence-corrected chi connectivity index (χ2v) is 7.04. The Labute approximate surface area is 135 Å². The molecule has 0 saturated carbocycles. The lowest BCUT2D eigenvalue weighted by molar-refractivity contribution is -0.275. The first-order valence-corrected chi connectivity index (χ1v) is 9.04. The fourth-order valence-corrected chi connectivity index (χ4v) is 2.84. The van der Waals surface area contributed by atoms with Crippen molar-refractivity contribution in [2.45, 2.75) is 58.8 Å². The number of ether oxygens (including phenoxy) is 2. The summed E-state index contributed by atoms with van der Waals surface area (Å²) in [6.07, 6.45) is -0.126. The lowest BCUT2D eigenvalue weighted by Crippen LogP contribution is -2.28. The van der Waals surface area contributed by atoms with Gasteiger partial charge in [-0.3, -0.25) is 0 Å². The van der Waals surface area contributed by atoms with Crippen molar-refractivity contribution in [3.63, 3.8) is 0 Å². The van der Waals surface area contributed by atoms with E-state index in [-0.39, 0.29) is 24.2 Å². The minimum atomic E-state index is -1.80. The molecule has 8 heteroatoms. The summed E-state index contributed by atoms with van der Waals surface area (Å²) in [6.45, 7) is 6.53. The molecule has 0 aliphatic rings. The van der Waals surface area contributed by atoms with Gasteiger partial charge in [-0.25, -0.2) is 17.6 Å². The molecule has 0 atom stereocenters. The minimum Gasteiger partial charge on any atom is -0.379 e. The van der Waals surface area contributed by atoms with Crippen molar-refractivity contribution in [2.75, 3.05) is 0 Å². The number of hydrogen-bond acceptors (Lipinski definition) is 3. The lowest BCUT2D eigenvalue weighted by Gasteiger charge is -2.23. The van der Waals surface area contributed by atoms with Crippen LogP contribution in [0.3, 0.4) is 0 Å². The molecule has 0 unspecified atom stereocenters. The lowest BCUT2D eigenvalue weighted by atomic mass is 10.1. The van der Waals surface area contributed by atoms with Crippen LogP contribution in [0, 0.1) is 23.3 Å². The van der Waals surface area contributed by atoms with E-state index in [0.29, 0.717) is 12.1 Å². The maximum Gasteiger partial charge on any atom is 0.262 e. The monoisotopic (exact) mass is 354 g/mol. The molecule has 23 heavy (non-hydrogen) atoms. The third-order valence-electron chi connectivity index (χ3n) is 2.79. The summed E-state index contributed by atoms with van der Waals surface area (Å²) in [4.78, 5) is 0. The predicted molar refractivity (Wildman–Crippen MR) is 80.6 cm³/mol.